The fourth-order valence-corrected chi connectivity index (χ4v) is 2.94. The van der Waals surface area contributed by atoms with Crippen molar-refractivity contribution in [2.75, 3.05) is 33.2 Å². The molecule has 1 rings (SSSR count). The van der Waals surface area contributed by atoms with Crippen molar-refractivity contribution in [2.24, 2.45) is 0 Å². The largest absolute Gasteiger partial charge is 0.304 e. The van der Waals surface area contributed by atoms with E-state index in [1.807, 2.05) is 6.92 Å². The maximum absolute atomic E-state index is 9.33. The summed E-state index contributed by atoms with van der Waals surface area (Å²) in [7, 11) is 2.19. The maximum atomic E-state index is 9.33. The van der Waals surface area contributed by atoms with Gasteiger partial charge in [-0.3, -0.25) is 10.2 Å². The van der Waals surface area contributed by atoms with Gasteiger partial charge in [-0.1, -0.05) is 0 Å². The molecule has 0 saturated carbocycles. The Hall–Kier alpha value is -0.630. The molecule has 1 aliphatic heterocycles. The topological polar surface area (TPSA) is 42.3 Å². The van der Waals surface area contributed by atoms with Gasteiger partial charge in [0.25, 0.3) is 0 Å². The van der Waals surface area contributed by atoms with Gasteiger partial charge in [-0.2, -0.15) is 5.26 Å². The number of nitrogens with one attached hydrogen (secondary N) is 1. The Morgan fingerprint density at radius 3 is 2.63 bits per heavy atom. The van der Waals surface area contributed by atoms with Crippen LogP contribution < -0.4 is 5.32 Å². The van der Waals surface area contributed by atoms with E-state index >= 15 is 0 Å². The summed E-state index contributed by atoms with van der Waals surface area (Å²) in [5, 5.41) is 12.7. The van der Waals surface area contributed by atoms with Crippen molar-refractivity contribution in [3.63, 3.8) is 0 Å². The van der Waals surface area contributed by atoms with Gasteiger partial charge in [0, 0.05) is 31.7 Å². The minimum atomic E-state index is -0.385. The summed E-state index contributed by atoms with van der Waals surface area (Å²) in [6, 6.07) is 3.41. The summed E-state index contributed by atoms with van der Waals surface area (Å²) in [6.07, 6.45) is 2.00. The van der Waals surface area contributed by atoms with Crippen molar-refractivity contribution in [1.82, 2.24) is 15.1 Å². The monoisotopic (exact) mass is 266 g/mol. The normalized spacial score (nSPS) is 25.2. The third kappa shape index (κ3) is 5.48. The van der Waals surface area contributed by atoms with Crippen molar-refractivity contribution >= 4 is 0 Å². The lowest BCUT2D eigenvalue weighted by atomic mass is 9.96. The average Bonchev–Trinajstić information content (AvgIpc) is 2.31. The molecular weight excluding hydrogens is 236 g/mol. The number of nitrogens with zero attached hydrogens (tertiary/aromatic N) is 3. The third-order valence-electron chi connectivity index (χ3n) is 3.94. The van der Waals surface area contributed by atoms with E-state index in [0.717, 1.165) is 39.0 Å². The van der Waals surface area contributed by atoms with Crippen LogP contribution >= 0.6 is 0 Å². The zero-order chi connectivity index (χ0) is 14.5. The fraction of sp³-hybridized carbons (Fsp3) is 0.933. The van der Waals surface area contributed by atoms with Crippen LogP contribution in [-0.2, 0) is 0 Å². The van der Waals surface area contributed by atoms with Crippen molar-refractivity contribution in [1.29, 1.82) is 5.26 Å². The lowest BCUT2D eigenvalue weighted by molar-refractivity contribution is 0.0968. The number of nitriles is 1. The molecule has 0 aromatic rings. The highest BCUT2D eigenvalue weighted by molar-refractivity contribution is 5.04. The van der Waals surface area contributed by atoms with Crippen molar-refractivity contribution in [3.8, 4) is 6.07 Å². The van der Waals surface area contributed by atoms with Gasteiger partial charge in [0.1, 0.15) is 5.54 Å². The summed E-state index contributed by atoms with van der Waals surface area (Å²) in [6.45, 7) is 13.1. The van der Waals surface area contributed by atoms with Crippen LogP contribution in [0.3, 0.4) is 0 Å². The average molecular weight is 266 g/mol. The summed E-state index contributed by atoms with van der Waals surface area (Å²) >= 11 is 0. The lowest BCUT2D eigenvalue weighted by Crippen LogP contribution is -2.51. The summed E-state index contributed by atoms with van der Waals surface area (Å²) in [4.78, 5) is 4.94. The molecule has 0 amide bonds. The molecule has 1 saturated heterocycles. The summed E-state index contributed by atoms with van der Waals surface area (Å²) in [5.74, 6) is 0. The number of hydrogen-bond donors (Lipinski definition) is 1. The second-order valence-electron chi connectivity index (χ2n) is 6.49. The molecule has 1 heterocycles. The van der Waals surface area contributed by atoms with Crippen LogP contribution in [0, 0.1) is 11.3 Å². The first kappa shape index (κ1) is 16.4. The molecule has 1 N–H and O–H groups in total. The lowest BCUT2D eigenvalue weighted by Gasteiger charge is -2.38. The quantitative estimate of drug-likeness (QED) is 0.794. The smallest absolute Gasteiger partial charge is 0.104 e. The zero-order valence-corrected chi connectivity index (χ0v) is 13.2. The van der Waals surface area contributed by atoms with E-state index in [0.29, 0.717) is 12.1 Å². The standard InChI is InChI=1S/C15H30N4/c1-13(2)17-15(4,12-16)7-6-8-19-10-9-18(5)11-14(19)3/h13-14,17H,6-11H2,1-5H3. The number of piperazine rings is 1. The molecule has 0 bridgehead atoms. The van der Waals surface area contributed by atoms with Crippen LogP contribution in [0.25, 0.3) is 0 Å². The van der Waals surface area contributed by atoms with Gasteiger partial charge >= 0.3 is 0 Å². The number of hydrogen-bond acceptors (Lipinski definition) is 4. The Kier molecular flexibility index (Phi) is 6.25. The van der Waals surface area contributed by atoms with Gasteiger partial charge in [0.15, 0.2) is 0 Å². The van der Waals surface area contributed by atoms with Gasteiger partial charge in [0.2, 0.25) is 0 Å². The highest BCUT2D eigenvalue weighted by atomic mass is 15.3. The maximum Gasteiger partial charge on any atom is 0.104 e. The highest BCUT2D eigenvalue weighted by Gasteiger charge is 2.25. The molecule has 0 spiro atoms. The van der Waals surface area contributed by atoms with Gasteiger partial charge in [-0.15, -0.1) is 0 Å². The molecule has 0 aromatic heterocycles. The molecular formula is C15H30N4. The predicted molar refractivity (Wildman–Crippen MR) is 80.1 cm³/mol. The first-order valence-electron chi connectivity index (χ1n) is 7.48. The fourth-order valence-electron chi connectivity index (χ4n) is 2.94. The number of rotatable bonds is 6. The van der Waals surface area contributed by atoms with Gasteiger partial charge in [-0.05, 0) is 54.1 Å². The van der Waals surface area contributed by atoms with Gasteiger partial charge < -0.3 is 4.90 Å². The van der Waals surface area contributed by atoms with Crippen LogP contribution in [0.5, 0.6) is 0 Å². The molecule has 0 aromatic carbocycles. The molecule has 2 atom stereocenters. The molecule has 2 unspecified atom stereocenters. The second-order valence-corrected chi connectivity index (χ2v) is 6.49. The Labute approximate surface area is 118 Å². The molecule has 110 valence electrons. The molecule has 0 radical (unpaired) electrons. The number of likely N-dealkylation sites (N-methyl/N-ethyl adjacent to an activating group) is 1. The van der Waals surface area contributed by atoms with E-state index in [-0.39, 0.29) is 5.54 Å². The Balaban J connectivity index is 2.35. The molecule has 19 heavy (non-hydrogen) atoms. The predicted octanol–water partition coefficient (Wildman–Crippen LogP) is 1.68. The minimum absolute atomic E-state index is 0.354. The Bertz CT molecular complexity index is 310. The summed E-state index contributed by atoms with van der Waals surface area (Å²) in [5.41, 5.74) is -0.385. The van der Waals surface area contributed by atoms with E-state index < -0.39 is 0 Å². The van der Waals surface area contributed by atoms with Crippen LogP contribution in [0.2, 0.25) is 0 Å². The molecule has 1 fully saturated rings. The van der Waals surface area contributed by atoms with E-state index in [1.165, 1.54) is 0 Å². The molecule has 0 aliphatic carbocycles. The van der Waals surface area contributed by atoms with Crippen molar-refractivity contribution in [3.05, 3.63) is 0 Å². The van der Waals surface area contributed by atoms with Crippen LogP contribution in [0.15, 0.2) is 0 Å². The first-order valence-corrected chi connectivity index (χ1v) is 7.48. The van der Waals surface area contributed by atoms with E-state index in [9.17, 15) is 5.26 Å². The van der Waals surface area contributed by atoms with Crippen LogP contribution in [0.4, 0.5) is 0 Å². The van der Waals surface area contributed by atoms with Crippen LogP contribution in [0.1, 0.15) is 40.5 Å². The molecule has 4 nitrogen and oxygen atoms in total. The van der Waals surface area contributed by atoms with E-state index in [4.69, 9.17) is 0 Å². The molecule has 1 aliphatic rings. The van der Waals surface area contributed by atoms with Gasteiger partial charge in [0.05, 0.1) is 6.07 Å². The van der Waals surface area contributed by atoms with Gasteiger partial charge in [-0.25, -0.2) is 0 Å². The third-order valence-corrected chi connectivity index (χ3v) is 3.94. The summed E-state index contributed by atoms with van der Waals surface area (Å²) < 4.78 is 0. The molecule has 4 heteroatoms. The van der Waals surface area contributed by atoms with Crippen molar-refractivity contribution < 1.29 is 0 Å². The highest BCUT2D eigenvalue weighted by Crippen LogP contribution is 2.15. The zero-order valence-electron chi connectivity index (χ0n) is 13.2. The Morgan fingerprint density at radius 1 is 1.42 bits per heavy atom. The minimum Gasteiger partial charge on any atom is -0.304 e. The SMILES string of the molecule is CC(C)NC(C)(C#N)CCCN1CCN(C)CC1C. The first-order chi connectivity index (χ1) is 8.86. The Morgan fingerprint density at radius 2 is 2.11 bits per heavy atom. The second kappa shape index (κ2) is 7.23. The van der Waals surface area contributed by atoms with E-state index in [2.05, 4.69) is 49.0 Å². The van der Waals surface area contributed by atoms with Crippen molar-refractivity contribution in [2.45, 2.75) is 58.2 Å². The van der Waals surface area contributed by atoms with E-state index in [1.54, 1.807) is 0 Å². The van der Waals surface area contributed by atoms with Crippen LogP contribution in [-0.4, -0.2) is 60.6 Å².